The molecule has 4 rings (SSSR count). The van der Waals surface area contributed by atoms with Gasteiger partial charge in [-0.25, -0.2) is 14.6 Å². The molecule has 0 spiro atoms. The van der Waals surface area contributed by atoms with E-state index in [4.69, 9.17) is 0 Å². The monoisotopic (exact) mass is 358 g/mol. The number of hydrogen-bond acceptors (Lipinski definition) is 5. The van der Waals surface area contributed by atoms with Crippen LogP contribution in [0.25, 0.3) is 22.3 Å². The topological polar surface area (TPSA) is 59.7 Å². The number of nitrogens with zero attached hydrogens (tertiary/aromatic N) is 6. The van der Waals surface area contributed by atoms with E-state index in [0.29, 0.717) is 0 Å². The third kappa shape index (κ3) is 3.65. The largest absolute Gasteiger partial charge is 0.301 e. The molecule has 0 unspecified atom stereocenters. The molecular formula is C18H23ClN6. The van der Waals surface area contributed by atoms with E-state index in [9.17, 15) is 0 Å². The molecular weight excluding hydrogens is 336 g/mol. The van der Waals surface area contributed by atoms with Crippen LogP contribution in [0.15, 0.2) is 31.0 Å². The molecule has 3 aromatic rings. The molecule has 0 bridgehead atoms. The van der Waals surface area contributed by atoms with E-state index in [-0.39, 0.29) is 12.4 Å². The summed E-state index contributed by atoms with van der Waals surface area (Å²) in [4.78, 5) is 15.7. The number of hydrogen-bond donors (Lipinski definition) is 0. The van der Waals surface area contributed by atoms with Gasteiger partial charge in [0, 0.05) is 24.5 Å². The van der Waals surface area contributed by atoms with E-state index in [1.54, 1.807) is 12.5 Å². The molecule has 0 amide bonds. The minimum Gasteiger partial charge on any atom is -0.301 e. The number of piperidine rings is 1. The Hall–Kier alpha value is -2.05. The first kappa shape index (κ1) is 17.8. The van der Waals surface area contributed by atoms with E-state index in [2.05, 4.69) is 31.9 Å². The van der Waals surface area contributed by atoms with Crippen LogP contribution in [0, 0.1) is 6.92 Å². The second-order valence-electron chi connectivity index (χ2n) is 6.42. The van der Waals surface area contributed by atoms with Gasteiger partial charge < -0.3 is 4.90 Å². The van der Waals surface area contributed by atoms with Crippen molar-refractivity contribution < 1.29 is 0 Å². The number of halogens is 1. The lowest BCUT2D eigenvalue weighted by atomic mass is 10.1. The van der Waals surface area contributed by atoms with Crippen LogP contribution in [0.2, 0.25) is 0 Å². The van der Waals surface area contributed by atoms with Crippen molar-refractivity contribution in [2.45, 2.75) is 32.7 Å². The molecule has 1 aliphatic heterocycles. The smallest absolute Gasteiger partial charge is 0.161 e. The Morgan fingerprint density at radius 2 is 1.88 bits per heavy atom. The maximum Gasteiger partial charge on any atom is 0.161 e. The van der Waals surface area contributed by atoms with Crippen LogP contribution in [0.4, 0.5) is 0 Å². The van der Waals surface area contributed by atoms with Gasteiger partial charge >= 0.3 is 0 Å². The lowest BCUT2D eigenvalue weighted by Crippen LogP contribution is -2.32. The fourth-order valence-electron chi connectivity index (χ4n) is 3.40. The average Bonchev–Trinajstić information content (AvgIpc) is 3.05. The summed E-state index contributed by atoms with van der Waals surface area (Å²) in [5.41, 5.74) is 4.02. The van der Waals surface area contributed by atoms with Crippen molar-refractivity contribution in [1.29, 1.82) is 0 Å². The summed E-state index contributed by atoms with van der Waals surface area (Å²) >= 11 is 0. The van der Waals surface area contributed by atoms with E-state index in [1.165, 1.54) is 32.4 Å². The number of pyridine rings is 1. The van der Waals surface area contributed by atoms with Crippen LogP contribution in [0.5, 0.6) is 0 Å². The standard InChI is InChI=1S/C18H22N6.ClH/c1-14-5-6-19-11-15(14)17-16-12-22-24(18(16)21-13-20-17)10-9-23-7-3-2-4-8-23;/h5-6,11-13H,2-4,7-10H2,1H3;1H. The minimum absolute atomic E-state index is 0. The van der Waals surface area contributed by atoms with Crippen LogP contribution in [0.1, 0.15) is 24.8 Å². The van der Waals surface area contributed by atoms with Crippen LogP contribution in [-0.2, 0) is 6.54 Å². The minimum atomic E-state index is 0. The van der Waals surface area contributed by atoms with E-state index >= 15 is 0 Å². The second-order valence-corrected chi connectivity index (χ2v) is 6.42. The lowest BCUT2D eigenvalue weighted by molar-refractivity contribution is 0.219. The van der Waals surface area contributed by atoms with Crippen molar-refractivity contribution in [2.75, 3.05) is 19.6 Å². The van der Waals surface area contributed by atoms with Gasteiger partial charge in [0.05, 0.1) is 23.8 Å². The predicted octanol–water partition coefficient (Wildman–Crippen LogP) is 3.10. The van der Waals surface area contributed by atoms with Crippen LogP contribution in [-0.4, -0.2) is 49.3 Å². The molecule has 1 fully saturated rings. The summed E-state index contributed by atoms with van der Waals surface area (Å²) < 4.78 is 2.00. The zero-order chi connectivity index (χ0) is 16.4. The quantitative estimate of drug-likeness (QED) is 0.717. The molecule has 1 aliphatic rings. The first-order valence-corrected chi connectivity index (χ1v) is 8.63. The summed E-state index contributed by atoms with van der Waals surface area (Å²) in [5.74, 6) is 0. The first-order valence-electron chi connectivity index (χ1n) is 8.63. The van der Waals surface area contributed by atoms with Gasteiger partial charge in [-0.3, -0.25) is 4.98 Å². The van der Waals surface area contributed by atoms with E-state index in [0.717, 1.165) is 40.9 Å². The maximum atomic E-state index is 4.56. The predicted molar refractivity (Wildman–Crippen MR) is 101 cm³/mol. The number of aromatic nitrogens is 5. The van der Waals surface area contributed by atoms with Crippen LogP contribution < -0.4 is 0 Å². The molecule has 25 heavy (non-hydrogen) atoms. The van der Waals surface area contributed by atoms with Crippen molar-refractivity contribution in [3.05, 3.63) is 36.5 Å². The fraction of sp³-hybridized carbons (Fsp3) is 0.444. The molecule has 7 heteroatoms. The number of aryl methyl sites for hydroxylation is 1. The molecule has 0 N–H and O–H groups in total. The molecule has 0 radical (unpaired) electrons. The van der Waals surface area contributed by atoms with Crippen molar-refractivity contribution in [2.24, 2.45) is 0 Å². The van der Waals surface area contributed by atoms with Crippen molar-refractivity contribution >= 4 is 23.4 Å². The average molecular weight is 359 g/mol. The van der Waals surface area contributed by atoms with E-state index < -0.39 is 0 Å². The fourth-order valence-corrected chi connectivity index (χ4v) is 3.40. The Labute approximate surface area is 153 Å². The Kier molecular flexibility index (Phi) is 5.60. The summed E-state index contributed by atoms with van der Waals surface area (Å²) in [7, 11) is 0. The van der Waals surface area contributed by atoms with Crippen molar-refractivity contribution in [3.63, 3.8) is 0 Å². The second kappa shape index (κ2) is 7.89. The third-order valence-corrected chi connectivity index (χ3v) is 4.80. The zero-order valence-corrected chi connectivity index (χ0v) is 15.2. The number of fused-ring (bicyclic) bond motifs is 1. The van der Waals surface area contributed by atoms with Gasteiger partial charge in [0.2, 0.25) is 0 Å². The van der Waals surface area contributed by atoms with Crippen LogP contribution >= 0.6 is 12.4 Å². The number of likely N-dealkylation sites (tertiary alicyclic amines) is 1. The number of rotatable bonds is 4. The normalized spacial score (nSPS) is 15.2. The van der Waals surface area contributed by atoms with Gasteiger partial charge in [-0.15, -0.1) is 12.4 Å². The van der Waals surface area contributed by atoms with Crippen LogP contribution in [0.3, 0.4) is 0 Å². The highest BCUT2D eigenvalue weighted by Crippen LogP contribution is 2.26. The molecule has 4 heterocycles. The molecule has 3 aromatic heterocycles. The molecule has 6 nitrogen and oxygen atoms in total. The summed E-state index contributed by atoms with van der Waals surface area (Å²) in [6.07, 6.45) is 11.2. The summed E-state index contributed by atoms with van der Waals surface area (Å²) in [6, 6.07) is 2.00. The Bertz CT molecular complexity index is 840. The van der Waals surface area contributed by atoms with E-state index in [1.807, 2.05) is 23.1 Å². The molecule has 1 saturated heterocycles. The van der Waals surface area contributed by atoms with Gasteiger partial charge in [0.1, 0.15) is 6.33 Å². The zero-order valence-electron chi connectivity index (χ0n) is 14.4. The highest BCUT2D eigenvalue weighted by Gasteiger charge is 2.14. The molecule has 0 aliphatic carbocycles. The Morgan fingerprint density at radius 1 is 1.04 bits per heavy atom. The summed E-state index contributed by atoms with van der Waals surface area (Å²) in [6.45, 7) is 6.38. The Balaban J connectivity index is 0.00000182. The van der Waals surface area contributed by atoms with Gasteiger partial charge in [-0.2, -0.15) is 5.10 Å². The molecule has 0 atom stereocenters. The molecule has 0 aromatic carbocycles. The van der Waals surface area contributed by atoms with Gasteiger partial charge in [-0.05, 0) is 44.5 Å². The summed E-state index contributed by atoms with van der Waals surface area (Å²) in [5, 5.41) is 5.56. The van der Waals surface area contributed by atoms with Crippen molar-refractivity contribution in [1.82, 2.24) is 29.6 Å². The molecule has 132 valence electrons. The van der Waals surface area contributed by atoms with Gasteiger partial charge in [0.15, 0.2) is 5.65 Å². The Morgan fingerprint density at radius 3 is 2.68 bits per heavy atom. The van der Waals surface area contributed by atoms with Gasteiger partial charge in [0.25, 0.3) is 0 Å². The SMILES string of the molecule is Cc1ccncc1-c1ncnc2c1cnn2CCN1CCCCC1.Cl. The lowest BCUT2D eigenvalue weighted by Gasteiger charge is -2.26. The highest BCUT2D eigenvalue weighted by molar-refractivity contribution is 5.90. The molecule has 0 saturated carbocycles. The maximum absolute atomic E-state index is 4.56. The third-order valence-electron chi connectivity index (χ3n) is 4.80. The highest BCUT2D eigenvalue weighted by atomic mass is 35.5. The van der Waals surface area contributed by atoms with Gasteiger partial charge in [-0.1, -0.05) is 6.42 Å². The van der Waals surface area contributed by atoms with Crippen molar-refractivity contribution in [3.8, 4) is 11.3 Å². The first-order chi connectivity index (χ1) is 11.8.